The van der Waals surface area contributed by atoms with Crippen LogP contribution < -0.4 is 10.8 Å². The van der Waals surface area contributed by atoms with Crippen LogP contribution in [-0.4, -0.2) is 30.3 Å². The van der Waals surface area contributed by atoms with Crippen LogP contribution in [0.2, 0.25) is 0 Å². The Morgan fingerprint density at radius 2 is 2.13 bits per heavy atom. The third-order valence-corrected chi connectivity index (χ3v) is 2.59. The number of urea groups is 1. The minimum Gasteiger partial charge on any atom is -0.479 e. The third kappa shape index (κ3) is 4.16. The number of carboxylic acids is 1. The summed E-state index contributed by atoms with van der Waals surface area (Å²) >= 11 is 0. The average Bonchev–Trinajstić information content (AvgIpc) is 2.70. The lowest BCUT2D eigenvalue weighted by atomic mass is 10.1. The summed E-state index contributed by atoms with van der Waals surface area (Å²) < 4.78 is 0. The monoisotopic (exact) mass is 216 g/mol. The molecule has 2 amide bonds. The van der Waals surface area contributed by atoms with Gasteiger partial charge in [-0.1, -0.05) is 13.8 Å². The van der Waals surface area contributed by atoms with Crippen molar-refractivity contribution in [2.45, 2.75) is 20.3 Å². The van der Waals surface area contributed by atoms with E-state index >= 15 is 0 Å². The summed E-state index contributed by atoms with van der Waals surface area (Å²) in [7, 11) is 0. The van der Waals surface area contributed by atoms with E-state index in [0.29, 0.717) is 17.9 Å². The Hall–Kier alpha value is -1.30. The molecule has 0 bridgehead atoms. The van der Waals surface area contributed by atoms with Crippen molar-refractivity contribution in [2.75, 3.05) is 13.2 Å². The van der Waals surface area contributed by atoms with E-state index in [1.54, 1.807) is 0 Å². The zero-order valence-corrected chi connectivity index (χ0v) is 8.87. The van der Waals surface area contributed by atoms with Crippen molar-refractivity contribution < 1.29 is 19.5 Å². The Balaban J connectivity index is 2.02. The molecule has 0 aromatic rings. The van der Waals surface area contributed by atoms with E-state index in [2.05, 4.69) is 24.0 Å². The van der Waals surface area contributed by atoms with Crippen LogP contribution in [0.1, 0.15) is 20.3 Å². The molecule has 0 radical (unpaired) electrons. The second kappa shape index (κ2) is 4.48. The number of hydrogen-bond acceptors (Lipinski definition) is 3. The van der Waals surface area contributed by atoms with Crippen LogP contribution in [0.3, 0.4) is 0 Å². The fraction of sp³-hybridized carbons (Fsp3) is 0.778. The molecule has 0 heterocycles. The number of hydrogen-bond donors (Lipinski definition) is 3. The zero-order valence-electron chi connectivity index (χ0n) is 8.87. The lowest BCUT2D eigenvalue weighted by Crippen LogP contribution is -2.37. The summed E-state index contributed by atoms with van der Waals surface area (Å²) in [6, 6.07) is -0.501. The fourth-order valence-corrected chi connectivity index (χ4v) is 1.34. The molecule has 86 valence electrons. The topological polar surface area (TPSA) is 87.7 Å². The van der Waals surface area contributed by atoms with Crippen molar-refractivity contribution in [1.82, 2.24) is 10.8 Å². The van der Waals surface area contributed by atoms with Gasteiger partial charge in [-0.05, 0) is 17.8 Å². The summed E-state index contributed by atoms with van der Waals surface area (Å²) in [5.74, 6) is -0.624. The van der Waals surface area contributed by atoms with E-state index in [1.807, 2.05) is 5.48 Å². The predicted octanol–water partition coefficient (Wildman–Crippen LogP) is 0.348. The van der Waals surface area contributed by atoms with Crippen LogP contribution in [0.15, 0.2) is 0 Å². The summed E-state index contributed by atoms with van der Waals surface area (Å²) in [5, 5.41) is 10.8. The van der Waals surface area contributed by atoms with Crippen molar-refractivity contribution >= 4 is 12.0 Å². The van der Waals surface area contributed by atoms with Crippen molar-refractivity contribution in [3.05, 3.63) is 0 Å². The van der Waals surface area contributed by atoms with Gasteiger partial charge in [0, 0.05) is 6.54 Å². The number of carbonyl (C=O) groups excluding carboxylic acids is 1. The highest BCUT2D eigenvalue weighted by molar-refractivity contribution is 5.73. The molecule has 0 saturated heterocycles. The van der Waals surface area contributed by atoms with Crippen molar-refractivity contribution in [3.63, 3.8) is 0 Å². The maximum Gasteiger partial charge on any atom is 0.338 e. The molecular weight excluding hydrogens is 200 g/mol. The highest BCUT2D eigenvalue weighted by Gasteiger charge is 2.45. The van der Waals surface area contributed by atoms with Crippen LogP contribution in [0, 0.1) is 11.3 Å². The molecule has 1 aliphatic rings. The Morgan fingerprint density at radius 3 is 2.60 bits per heavy atom. The Labute approximate surface area is 87.9 Å². The van der Waals surface area contributed by atoms with Crippen LogP contribution in [0.4, 0.5) is 4.79 Å². The van der Waals surface area contributed by atoms with Gasteiger partial charge in [0.1, 0.15) is 0 Å². The molecule has 1 aliphatic carbocycles. The van der Waals surface area contributed by atoms with Crippen LogP contribution in [0.5, 0.6) is 0 Å². The molecule has 0 aromatic carbocycles. The van der Waals surface area contributed by atoms with E-state index in [9.17, 15) is 9.59 Å². The maximum atomic E-state index is 11.0. The molecule has 1 unspecified atom stereocenters. The van der Waals surface area contributed by atoms with E-state index in [1.165, 1.54) is 0 Å². The van der Waals surface area contributed by atoms with Crippen LogP contribution >= 0.6 is 0 Å². The maximum absolute atomic E-state index is 11.0. The summed E-state index contributed by atoms with van der Waals surface area (Å²) in [6.07, 6.45) is 1.10. The number of carboxylic acid groups (broad SMARTS) is 1. The van der Waals surface area contributed by atoms with Crippen molar-refractivity contribution in [2.24, 2.45) is 11.3 Å². The third-order valence-electron chi connectivity index (χ3n) is 2.59. The standard InChI is InChI=1S/C9H16N2O4/c1-9(2)3-6(9)4-10-8(14)11-15-5-7(12)13/h6H,3-5H2,1-2H3,(H,12,13)(H2,10,11,14). The Morgan fingerprint density at radius 1 is 1.53 bits per heavy atom. The normalized spacial score (nSPS) is 21.9. The number of amides is 2. The SMILES string of the molecule is CC1(C)CC1CNC(=O)NOCC(=O)O. The molecule has 1 rings (SSSR count). The van der Waals surface area contributed by atoms with Gasteiger partial charge in [0.15, 0.2) is 6.61 Å². The first-order valence-corrected chi connectivity index (χ1v) is 4.79. The molecule has 0 spiro atoms. The fourth-order valence-electron chi connectivity index (χ4n) is 1.34. The number of nitrogens with one attached hydrogen (secondary N) is 2. The smallest absolute Gasteiger partial charge is 0.338 e. The minimum absolute atomic E-state index is 0.315. The van der Waals surface area contributed by atoms with E-state index in [-0.39, 0.29) is 0 Å². The van der Waals surface area contributed by atoms with Gasteiger partial charge in [-0.25, -0.2) is 15.1 Å². The molecule has 15 heavy (non-hydrogen) atoms. The van der Waals surface area contributed by atoms with Crippen LogP contribution in [0.25, 0.3) is 0 Å². The van der Waals surface area contributed by atoms with Gasteiger partial charge in [-0.15, -0.1) is 0 Å². The Kier molecular flexibility index (Phi) is 3.52. The Bertz CT molecular complexity index is 265. The zero-order chi connectivity index (χ0) is 11.5. The summed E-state index contributed by atoms with van der Waals surface area (Å²) in [6.45, 7) is 4.33. The van der Waals surface area contributed by atoms with Crippen molar-refractivity contribution in [1.29, 1.82) is 0 Å². The van der Waals surface area contributed by atoms with Crippen LogP contribution in [-0.2, 0) is 9.63 Å². The first-order chi connectivity index (χ1) is 6.92. The van der Waals surface area contributed by atoms with Gasteiger partial charge in [-0.2, -0.15) is 0 Å². The molecule has 6 nitrogen and oxygen atoms in total. The summed E-state index contributed by atoms with van der Waals surface area (Å²) in [4.78, 5) is 25.5. The average molecular weight is 216 g/mol. The van der Waals surface area contributed by atoms with Gasteiger partial charge in [0.2, 0.25) is 0 Å². The number of aliphatic carboxylic acids is 1. The predicted molar refractivity (Wildman–Crippen MR) is 52.0 cm³/mol. The largest absolute Gasteiger partial charge is 0.479 e. The second-order valence-corrected chi connectivity index (χ2v) is 4.38. The van der Waals surface area contributed by atoms with E-state index < -0.39 is 18.6 Å². The van der Waals surface area contributed by atoms with Gasteiger partial charge < -0.3 is 10.4 Å². The van der Waals surface area contributed by atoms with Gasteiger partial charge >= 0.3 is 12.0 Å². The van der Waals surface area contributed by atoms with Gasteiger partial charge in [0.25, 0.3) is 0 Å². The first-order valence-electron chi connectivity index (χ1n) is 4.79. The molecule has 6 heteroatoms. The van der Waals surface area contributed by atoms with E-state index in [4.69, 9.17) is 5.11 Å². The van der Waals surface area contributed by atoms with Crippen molar-refractivity contribution in [3.8, 4) is 0 Å². The lowest BCUT2D eigenvalue weighted by molar-refractivity contribution is -0.144. The quantitative estimate of drug-likeness (QED) is 0.578. The molecule has 1 fully saturated rings. The molecule has 3 N–H and O–H groups in total. The number of carbonyl (C=O) groups is 2. The number of rotatable bonds is 5. The van der Waals surface area contributed by atoms with Gasteiger partial charge in [-0.3, -0.25) is 4.84 Å². The molecule has 0 aliphatic heterocycles. The van der Waals surface area contributed by atoms with Gasteiger partial charge in [0.05, 0.1) is 0 Å². The second-order valence-electron chi connectivity index (χ2n) is 4.38. The minimum atomic E-state index is -1.13. The molecular formula is C9H16N2O4. The van der Waals surface area contributed by atoms with E-state index in [0.717, 1.165) is 6.42 Å². The molecule has 0 aromatic heterocycles. The highest BCUT2D eigenvalue weighted by atomic mass is 16.7. The molecule has 1 saturated carbocycles. The number of hydroxylamine groups is 1. The summed E-state index contributed by atoms with van der Waals surface area (Å²) in [5.41, 5.74) is 2.31. The first kappa shape index (κ1) is 11.8. The molecule has 1 atom stereocenters. The lowest BCUT2D eigenvalue weighted by Gasteiger charge is -2.07. The highest BCUT2D eigenvalue weighted by Crippen LogP contribution is 2.50.